The average molecular weight is 482 g/mol. The molecule has 2 aromatic heterocycles. The molecule has 0 spiro atoms. The number of nitrogens with zero attached hydrogens (tertiary/aromatic N) is 2. The Morgan fingerprint density at radius 2 is 1.94 bits per heavy atom. The highest BCUT2D eigenvalue weighted by Crippen LogP contribution is 2.39. The summed E-state index contributed by atoms with van der Waals surface area (Å²) in [5.41, 5.74) is 1.57. The Bertz CT molecular complexity index is 1390. The SMILES string of the molecule is Cc1cc(Cl)ccc1N1C(=O)c2cc3ccsc3n2CC1(C)C(=O)NCc1ccc(F)cc1. The van der Waals surface area contributed by atoms with Crippen molar-refractivity contribution in [2.24, 2.45) is 0 Å². The summed E-state index contributed by atoms with van der Waals surface area (Å²) >= 11 is 7.71. The van der Waals surface area contributed by atoms with Crippen molar-refractivity contribution in [3.05, 3.63) is 87.6 Å². The number of nitrogens with one attached hydrogen (secondary N) is 1. The Morgan fingerprint density at radius 1 is 1.18 bits per heavy atom. The summed E-state index contributed by atoms with van der Waals surface area (Å²) in [4.78, 5) is 30.0. The van der Waals surface area contributed by atoms with Gasteiger partial charge in [0.2, 0.25) is 5.91 Å². The number of carbonyl (C=O) groups excluding carboxylic acids is 2. The zero-order chi connectivity index (χ0) is 23.3. The van der Waals surface area contributed by atoms with Crippen LogP contribution in [0.2, 0.25) is 5.02 Å². The highest BCUT2D eigenvalue weighted by molar-refractivity contribution is 7.16. The predicted molar refractivity (Wildman–Crippen MR) is 129 cm³/mol. The van der Waals surface area contributed by atoms with E-state index in [4.69, 9.17) is 11.6 Å². The first-order valence-electron chi connectivity index (χ1n) is 10.5. The molecule has 0 bridgehead atoms. The molecule has 0 saturated heterocycles. The number of anilines is 1. The molecule has 1 aliphatic heterocycles. The maximum atomic E-state index is 13.8. The number of thiophene rings is 1. The van der Waals surface area contributed by atoms with Crippen LogP contribution in [0.25, 0.3) is 10.2 Å². The first kappa shape index (κ1) is 21.7. The number of aromatic nitrogens is 1. The largest absolute Gasteiger partial charge is 0.350 e. The van der Waals surface area contributed by atoms with Crippen LogP contribution in [0.1, 0.15) is 28.5 Å². The molecule has 33 heavy (non-hydrogen) atoms. The summed E-state index contributed by atoms with van der Waals surface area (Å²) in [7, 11) is 0. The van der Waals surface area contributed by atoms with Gasteiger partial charge in [0.15, 0.2) is 0 Å². The number of benzene rings is 2. The maximum absolute atomic E-state index is 13.8. The molecule has 4 aromatic rings. The smallest absolute Gasteiger partial charge is 0.275 e. The summed E-state index contributed by atoms with van der Waals surface area (Å²) in [6.07, 6.45) is 0. The zero-order valence-electron chi connectivity index (χ0n) is 18.1. The number of hydrogen-bond donors (Lipinski definition) is 1. The van der Waals surface area contributed by atoms with Gasteiger partial charge in [-0.25, -0.2) is 4.39 Å². The van der Waals surface area contributed by atoms with Gasteiger partial charge in [0.05, 0.1) is 6.54 Å². The fraction of sp³-hybridized carbons (Fsp3) is 0.200. The van der Waals surface area contributed by atoms with Gasteiger partial charge in [-0.2, -0.15) is 0 Å². The second-order valence-corrected chi connectivity index (χ2v) is 9.78. The molecule has 2 aromatic carbocycles. The molecule has 2 amide bonds. The first-order chi connectivity index (χ1) is 15.8. The molecule has 1 aliphatic rings. The van der Waals surface area contributed by atoms with E-state index in [0.717, 1.165) is 21.3 Å². The highest BCUT2D eigenvalue weighted by atomic mass is 35.5. The lowest BCUT2D eigenvalue weighted by Gasteiger charge is -2.44. The molecule has 0 aliphatic carbocycles. The van der Waals surface area contributed by atoms with E-state index in [9.17, 15) is 14.0 Å². The van der Waals surface area contributed by atoms with Crippen molar-refractivity contribution in [2.45, 2.75) is 32.5 Å². The van der Waals surface area contributed by atoms with Crippen LogP contribution in [0.3, 0.4) is 0 Å². The van der Waals surface area contributed by atoms with Crippen molar-refractivity contribution in [3.8, 4) is 0 Å². The molecule has 168 valence electrons. The molecule has 0 fully saturated rings. The number of rotatable bonds is 4. The van der Waals surface area contributed by atoms with Gasteiger partial charge in [0.25, 0.3) is 5.91 Å². The molecule has 5 nitrogen and oxygen atoms in total. The van der Waals surface area contributed by atoms with Gasteiger partial charge in [0.1, 0.15) is 21.9 Å². The van der Waals surface area contributed by atoms with Gasteiger partial charge in [0, 0.05) is 22.6 Å². The van der Waals surface area contributed by atoms with Crippen LogP contribution < -0.4 is 10.2 Å². The number of amides is 2. The van der Waals surface area contributed by atoms with Crippen LogP contribution in [0.5, 0.6) is 0 Å². The monoisotopic (exact) mass is 481 g/mol. The summed E-state index contributed by atoms with van der Waals surface area (Å²) in [5.74, 6) is -0.868. The fourth-order valence-corrected chi connectivity index (χ4v) is 5.54. The summed E-state index contributed by atoms with van der Waals surface area (Å²) in [6, 6.07) is 15.1. The molecular formula is C25H21ClFN3O2S. The van der Waals surface area contributed by atoms with E-state index >= 15 is 0 Å². The van der Waals surface area contributed by atoms with Crippen molar-refractivity contribution in [2.75, 3.05) is 4.90 Å². The molecule has 1 unspecified atom stereocenters. The Kier molecular flexibility index (Phi) is 5.26. The minimum atomic E-state index is -1.20. The molecule has 5 rings (SSSR count). The number of hydrogen-bond acceptors (Lipinski definition) is 3. The maximum Gasteiger partial charge on any atom is 0.275 e. The Hall–Kier alpha value is -3.16. The van der Waals surface area contributed by atoms with Gasteiger partial charge in [-0.3, -0.25) is 14.5 Å². The molecule has 0 radical (unpaired) electrons. The molecule has 0 saturated carbocycles. The average Bonchev–Trinajstić information content (AvgIpc) is 3.37. The van der Waals surface area contributed by atoms with Gasteiger partial charge >= 0.3 is 0 Å². The van der Waals surface area contributed by atoms with Crippen molar-refractivity contribution in [3.63, 3.8) is 0 Å². The number of carbonyl (C=O) groups is 2. The minimum Gasteiger partial charge on any atom is -0.350 e. The van der Waals surface area contributed by atoms with Crippen LogP contribution >= 0.6 is 22.9 Å². The minimum absolute atomic E-state index is 0.225. The van der Waals surface area contributed by atoms with Crippen LogP contribution in [0.4, 0.5) is 10.1 Å². The zero-order valence-corrected chi connectivity index (χ0v) is 19.6. The fourth-order valence-electron chi connectivity index (χ4n) is 4.42. The van der Waals surface area contributed by atoms with Crippen molar-refractivity contribution in [1.29, 1.82) is 0 Å². The van der Waals surface area contributed by atoms with Crippen LogP contribution in [0.15, 0.2) is 60.0 Å². The topological polar surface area (TPSA) is 54.3 Å². The molecule has 1 N–H and O–H groups in total. The summed E-state index contributed by atoms with van der Waals surface area (Å²) in [5, 5.41) is 6.47. The lowest BCUT2D eigenvalue weighted by Crippen LogP contribution is -2.64. The second-order valence-electron chi connectivity index (χ2n) is 8.45. The molecule has 1 atom stereocenters. The number of fused-ring (bicyclic) bond motifs is 3. The third kappa shape index (κ3) is 3.61. The van der Waals surface area contributed by atoms with Gasteiger partial charge < -0.3 is 9.88 Å². The lowest BCUT2D eigenvalue weighted by atomic mass is 9.93. The molecule has 3 heterocycles. The van der Waals surface area contributed by atoms with Crippen molar-refractivity contribution < 1.29 is 14.0 Å². The van der Waals surface area contributed by atoms with Crippen LogP contribution in [0, 0.1) is 12.7 Å². The van der Waals surface area contributed by atoms with E-state index in [-0.39, 0.29) is 24.2 Å². The van der Waals surface area contributed by atoms with Gasteiger partial charge in [-0.15, -0.1) is 11.3 Å². The molecule has 8 heteroatoms. The Balaban J connectivity index is 1.57. The Labute approximate surface area is 199 Å². The van der Waals surface area contributed by atoms with Crippen LogP contribution in [-0.4, -0.2) is 21.9 Å². The first-order valence-corrected chi connectivity index (χ1v) is 11.7. The van der Waals surface area contributed by atoms with Crippen molar-refractivity contribution in [1.82, 2.24) is 9.88 Å². The predicted octanol–water partition coefficient (Wildman–Crippen LogP) is 5.54. The van der Waals surface area contributed by atoms with E-state index < -0.39 is 5.54 Å². The normalized spacial score (nSPS) is 17.9. The highest BCUT2D eigenvalue weighted by Gasteiger charge is 2.49. The van der Waals surface area contributed by atoms with E-state index in [0.29, 0.717) is 22.9 Å². The standard InChI is InChI=1S/C25H21ClFN3O2S/c1-15-11-18(26)5-8-20(15)30-22(31)21-12-17-9-10-33-23(17)29(21)14-25(30,2)24(32)28-13-16-3-6-19(27)7-4-16/h3-12H,13-14H2,1-2H3,(H,28,32). The summed E-state index contributed by atoms with van der Waals surface area (Å²) < 4.78 is 15.2. The molecular weight excluding hydrogens is 461 g/mol. The number of aryl methyl sites for hydroxylation is 1. The lowest BCUT2D eigenvalue weighted by molar-refractivity contribution is -0.126. The van der Waals surface area contributed by atoms with Crippen molar-refractivity contribution >= 4 is 50.7 Å². The van der Waals surface area contributed by atoms with E-state index in [1.54, 1.807) is 53.5 Å². The van der Waals surface area contributed by atoms with E-state index in [2.05, 4.69) is 5.32 Å². The third-order valence-electron chi connectivity index (χ3n) is 6.14. The third-order valence-corrected chi connectivity index (χ3v) is 7.33. The van der Waals surface area contributed by atoms with Gasteiger partial charge in [-0.05, 0) is 72.8 Å². The quantitative estimate of drug-likeness (QED) is 0.416. The van der Waals surface area contributed by atoms with Crippen LogP contribution in [-0.2, 0) is 17.9 Å². The van der Waals surface area contributed by atoms with E-state index in [1.165, 1.54) is 12.1 Å². The number of halogens is 2. The second kappa shape index (κ2) is 8.01. The Morgan fingerprint density at radius 3 is 2.67 bits per heavy atom. The van der Waals surface area contributed by atoms with Gasteiger partial charge in [-0.1, -0.05) is 23.7 Å². The van der Waals surface area contributed by atoms with E-state index in [1.807, 2.05) is 29.0 Å². The summed E-state index contributed by atoms with van der Waals surface area (Å²) in [6.45, 7) is 4.18.